The highest BCUT2D eigenvalue weighted by Gasteiger charge is 2.55. The summed E-state index contributed by atoms with van der Waals surface area (Å²) in [5, 5.41) is 2.76. The van der Waals surface area contributed by atoms with Crippen LogP contribution in [0.1, 0.15) is 34.8 Å². The van der Waals surface area contributed by atoms with Crippen molar-refractivity contribution < 1.29 is 28.7 Å². The van der Waals surface area contributed by atoms with E-state index >= 15 is 0 Å². The summed E-state index contributed by atoms with van der Waals surface area (Å²) < 4.78 is 10.1. The van der Waals surface area contributed by atoms with Gasteiger partial charge in [-0.15, -0.1) is 0 Å². The molecule has 154 valence electrons. The maximum Gasteiger partial charge on any atom is 0.338 e. The van der Waals surface area contributed by atoms with Gasteiger partial charge in [0.2, 0.25) is 0 Å². The van der Waals surface area contributed by atoms with Crippen LogP contribution in [0.4, 0.5) is 4.79 Å². The summed E-state index contributed by atoms with van der Waals surface area (Å²) in [6.45, 7) is 1.46. The van der Waals surface area contributed by atoms with Gasteiger partial charge in [-0.2, -0.15) is 0 Å². The molecule has 0 saturated carbocycles. The molecule has 2 aliphatic rings. The molecule has 2 aromatic rings. The molecule has 8 nitrogen and oxygen atoms in total. The average molecular weight is 408 g/mol. The first kappa shape index (κ1) is 19.6. The number of carbonyl (C=O) groups excluding carboxylic acids is 4. The van der Waals surface area contributed by atoms with Crippen molar-refractivity contribution in [1.82, 2.24) is 10.2 Å². The van der Waals surface area contributed by atoms with E-state index in [-0.39, 0.29) is 12.4 Å². The minimum absolute atomic E-state index is 0.195. The van der Waals surface area contributed by atoms with Crippen molar-refractivity contribution in [2.24, 2.45) is 0 Å². The quantitative estimate of drug-likeness (QED) is 0.462. The van der Waals surface area contributed by atoms with Gasteiger partial charge in [0, 0.05) is 0 Å². The monoisotopic (exact) mass is 408 g/mol. The molecule has 1 heterocycles. The largest absolute Gasteiger partial charge is 0.462 e. The first-order valence-electron chi connectivity index (χ1n) is 9.65. The number of carbonyl (C=O) groups is 4. The van der Waals surface area contributed by atoms with E-state index in [0.717, 1.165) is 16.0 Å². The molecule has 1 spiro atoms. The number of esters is 2. The van der Waals surface area contributed by atoms with Gasteiger partial charge in [-0.25, -0.2) is 14.4 Å². The predicted octanol–water partition coefficient (Wildman–Crippen LogP) is 2.16. The summed E-state index contributed by atoms with van der Waals surface area (Å²) in [4.78, 5) is 50.4. The van der Waals surface area contributed by atoms with E-state index < -0.39 is 36.0 Å². The Morgan fingerprint density at radius 3 is 2.57 bits per heavy atom. The zero-order valence-corrected chi connectivity index (χ0v) is 16.3. The number of aryl methyl sites for hydroxylation is 1. The highest BCUT2D eigenvalue weighted by molar-refractivity contribution is 6.09. The lowest BCUT2D eigenvalue weighted by atomic mass is 9.92. The van der Waals surface area contributed by atoms with Crippen LogP contribution in [0.3, 0.4) is 0 Å². The molecule has 1 atom stereocenters. The molecular weight excluding hydrogens is 388 g/mol. The second-order valence-electron chi connectivity index (χ2n) is 7.10. The van der Waals surface area contributed by atoms with Gasteiger partial charge in [0.05, 0.1) is 12.2 Å². The van der Waals surface area contributed by atoms with Crippen LogP contribution < -0.4 is 10.1 Å². The summed E-state index contributed by atoms with van der Waals surface area (Å²) in [6, 6.07) is 12.7. The molecule has 1 unspecified atom stereocenters. The SMILES string of the molecule is CCOC(=O)c1ccc(OC(=O)CN2C(=O)NC3(CCc4ccccc43)C2=O)cc1. The van der Waals surface area contributed by atoms with Crippen LogP contribution in [0.5, 0.6) is 5.75 Å². The Labute approximate surface area is 172 Å². The van der Waals surface area contributed by atoms with E-state index in [1.54, 1.807) is 6.92 Å². The third kappa shape index (κ3) is 3.30. The Kier molecular flexibility index (Phi) is 4.99. The predicted molar refractivity (Wildman–Crippen MR) is 105 cm³/mol. The van der Waals surface area contributed by atoms with Gasteiger partial charge in [0.25, 0.3) is 5.91 Å². The van der Waals surface area contributed by atoms with Crippen LogP contribution in [-0.2, 0) is 26.3 Å². The lowest BCUT2D eigenvalue weighted by Gasteiger charge is -2.22. The van der Waals surface area contributed by atoms with Gasteiger partial charge in [-0.1, -0.05) is 24.3 Å². The zero-order chi connectivity index (χ0) is 21.3. The summed E-state index contributed by atoms with van der Waals surface area (Å²) in [7, 11) is 0. The second kappa shape index (κ2) is 7.62. The first-order valence-corrected chi connectivity index (χ1v) is 9.65. The molecule has 1 aliphatic heterocycles. The highest BCUT2D eigenvalue weighted by atomic mass is 16.5. The standard InChI is InChI=1S/C22H20N2O6/c1-2-29-19(26)15-7-9-16(10-8-15)30-18(25)13-24-20(27)22(23-21(24)28)12-11-14-5-3-4-6-17(14)22/h3-10H,2,11-13H2,1H3,(H,23,28). The van der Waals surface area contributed by atoms with Gasteiger partial charge < -0.3 is 14.8 Å². The van der Waals surface area contributed by atoms with Gasteiger partial charge in [0.15, 0.2) is 0 Å². The topological polar surface area (TPSA) is 102 Å². The highest BCUT2D eigenvalue weighted by Crippen LogP contribution is 2.41. The van der Waals surface area contributed by atoms with Crippen molar-refractivity contribution in [3.63, 3.8) is 0 Å². The van der Waals surface area contributed by atoms with E-state index in [0.29, 0.717) is 18.4 Å². The fourth-order valence-corrected chi connectivity index (χ4v) is 3.90. The van der Waals surface area contributed by atoms with Crippen molar-refractivity contribution in [3.8, 4) is 5.75 Å². The number of rotatable bonds is 5. The van der Waals surface area contributed by atoms with Crippen molar-refractivity contribution in [3.05, 3.63) is 65.2 Å². The van der Waals surface area contributed by atoms with E-state index in [1.807, 2.05) is 24.3 Å². The number of amides is 3. The fraction of sp³-hybridized carbons (Fsp3) is 0.273. The van der Waals surface area contributed by atoms with E-state index in [9.17, 15) is 19.2 Å². The molecule has 1 aliphatic carbocycles. The Morgan fingerprint density at radius 1 is 1.10 bits per heavy atom. The van der Waals surface area contributed by atoms with E-state index in [2.05, 4.69) is 5.32 Å². The Morgan fingerprint density at radius 2 is 1.83 bits per heavy atom. The molecule has 1 saturated heterocycles. The Bertz CT molecular complexity index is 1030. The van der Waals surface area contributed by atoms with Gasteiger partial charge in [0.1, 0.15) is 17.8 Å². The average Bonchev–Trinajstić information content (AvgIpc) is 3.22. The number of nitrogens with one attached hydrogen (secondary N) is 1. The Balaban J connectivity index is 1.44. The summed E-state index contributed by atoms with van der Waals surface area (Å²) >= 11 is 0. The molecule has 8 heteroatoms. The van der Waals surface area contributed by atoms with Gasteiger partial charge in [-0.3, -0.25) is 9.69 Å². The number of imide groups is 1. The van der Waals surface area contributed by atoms with Crippen LogP contribution in [-0.4, -0.2) is 41.9 Å². The molecule has 2 aromatic carbocycles. The smallest absolute Gasteiger partial charge is 0.338 e. The molecule has 30 heavy (non-hydrogen) atoms. The lowest BCUT2D eigenvalue weighted by Crippen LogP contribution is -2.42. The molecular formula is C22H20N2O6. The van der Waals surface area contributed by atoms with Gasteiger partial charge >= 0.3 is 18.0 Å². The van der Waals surface area contributed by atoms with E-state index in [1.165, 1.54) is 24.3 Å². The molecule has 1 N–H and O–H groups in total. The third-order valence-electron chi connectivity index (χ3n) is 5.31. The van der Waals surface area contributed by atoms with Crippen LogP contribution in [0.15, 0.2) is 48.5 Å². The van der Waals surface area contributed by atoms with Crippen molar-refractivity contribution >= 4 is 23.9 Å². The molecule has 0 aromatic heterocycles. The first-order chi connectivity index (χ1) is 14.4. The number of fused-ring (bicyclic) bond motifs is 2. The molecule has 3 amide bonds. The molecule has 1 fully saturated rings. The van der Waals surface area contributed by atoms with Gasteiger partial charge in [-0.05, 0) is 55.2 Å². The summed E-state index contributed by atoms with van der Waals surface area (Å²) in [5.41, 5.74) is 0.994. The number of ether oxygens (including phenoxy) is 2. The van der Waals surface area contributed by atoms with Crippen molar-refractivity contribution in [2.75, 3.05) is 13.2 Å². The molecule has 4 rings (SSSR count). The van der Waals surface area contributed by atoms with Crippen LogP contribution in [0, 0.1) is 0 Å². The Hall–Kier alpha value is -3.68. The number of hydrogen-bond donors (Lipinski definition) is 1. The number of nitrogens with zero attached hydrogens (tertiary/aromatic N) is 1. The summed E-state index contributed by atoms with van der Waals surface area (Å²) in [5.74, 6) is -1.49. The normalized spacial score (nSPS) is 19.6. The van der Waals surface area contributed by atoms with Crippen LogP contribution in [0.25, 0.3) is 0 Å². The van der Waals surface area contributed by atoms with E-state index in [4.69, 9.17) is 9.47 Å². The lowest BCUT2D eigenvalue weighted by molar-refractivity contribution is -0.141. The maximum atomic E-state index is 13.1. The minimum atomic E-state index is -1.12. The van der Waals surface area contributed by atoms with Crippen molar-refractivity contribution in [2.45, 2.75) is 25.3 Å². The molecule has 0 radical (unpaired) electrons. The summed E-state index contributed by atoms with van der Waals surface area (Å²) in [6.07, 6.45) is 1.13. The second-order valence-corrected chi connectivity index (χ2v) is 7.10. The number of urea groups is 1. The van der Waals surface area contributed by atoms with Crippen molar-refractivity contribution in [1.29, 1.82) is 0 Å². The fourth-order valence-electron chi connectivity index (χ4n) is 3.90. The third-order valence-corrected chi connectivity index (χ3v) is 5.31. The number of benzene rings is 2. The maximum absolute atomic E-state index is 13.1. The molecule has 0 bridgehead atoms. The van der Waals surface area contributed by atoms with Crippen LogP contribution in [0.2, 0.25) is 0 Å². The minimum Gasteiger partial charge on any atom is -0.462 e. The zero-order valence-electron chi connectivity index (χ0n) is 16.3. The number of hydrogen-bond acceptors (Lipinski definition) is 6. The van der Waals surface area contributed by atoms with Crippen LogP contribution >= 0.6 is 0 Å².